The normalized spacial score (nSPS) is 23.5. The van der Waals surface area contributed by atoms with E-state index in [-0.39, 0.29) is 6.10 Å². The van der Waals surface area contributed by atoms with Crippen LogP contribution in [0.1, 0.15) is 52.5 Å². The molecular weight excluding hydrogens is 366 g/mol. The van der Waals surface area contributed by atoms with E-state index in [0.717, 1.165) is 24.8 Å². The average molecular weight is 400 g/mol. The van der Waals surface area contributed by atoms with Gasteiger partial charge in [0.1, 0.15) is 18.2 Å². The van der Waals surface area contributed by atoms with Crippen molar-refractivity contribution in [2.75, 3.05) is 0 Å². The summed E-state index contributed by atoms with van der Waals surface area (Å²) in [5.41, 5.74) is 0.920. The van der Waals surface area contributed by atoms with Gasteiger partial charge in [-0.2, -0.15) is 5.26 Å². The minimum atomic E-state index is -0.806. The third-order valence-corrected chi connectivity index (χ3v) is 5.66. The van der Waals surface area contributed by atoms with Crippen LogP contribution in [0, 0.1) is 29.1 Å². The van der Waals surface area contributed by atoms with Gasteiger partial charge >= 0.3 is 6.09 Å². The van der Waals surface area contributed by atoms with Crippen LogP contribution < -0.4 is 10.6 Å². The summed E-state index contributed by atoms with van der Waals surface area (Å²) in [5.74, 6) is 0.886. The molecule has 0 radical (unpaired) electrons. The fourth-order valence-electron chi connectivity index (χ4n) is 3.97. The molecule has 0 aliphatic heterocycles. The fourth-order valence-corrected chi connectivity index (χ4v) is 3.97. The lowest BCUT2D eigenvalue weighted by Gasteiger charge is -2.36. The van der Waals surface area contributed by atoms with Gasteiger partial charge in [0, 0.05) is 6.42 Å². The molecule has 1 fully saturated rings. The molecule has 1 aromatic rings. The third-order valence-electron chi connectivity index (χ3n) is 5.66. The molecule has 29 heavy (non-hydrogen) atoms. The van der Waals surface area contributed by atoms with Gasteiger partial charge < -0.3 is 15.4 Å². The molecule has 1 aliphatic carbocycles. The summed E-state index contributed by atoms with van der Waals surface area (Å²) in [6.07, 6.45) is 2.65. The van der Waals surface area contributed by atoms with E-state index in [0.29, 0.717) is 24.2 Å². The maximum Gasteiger partial charge on any atom is 0.408 e. The smallest absolute Gasteiger partial charge is 0.408 e. The van der Waals surface area contributed by atoms with Crippen LogP contribution in [0.3, 0.4) is 0 Å². The molecule has 0 heterocycles. The number of hydrogen-bond acceptors (Lipinski definition) is 4. The highest BCUT2D eigenvalue weighted by atomic mass is 16.6. The van der Waals surface area contributed by atoms with Crippen LogP contribution in [0.2, 0.25) is 0 Å². The van der Waals surface area contributed by atoms with Gasteiger partial charge in [-0.25, -0.2) is 4.79 Å². The van der Waals surface area contributed by atoms with E-state index in [1.807, 2.05) is 36.4 Å². The Hall–Kier alpha value is -2.55. The highest BCUT2D eigenvalue weighted by Crippen LogP contribution is 2.35. The summed E-state index contributed by atoms with van der Waals surface area (Å²) in [5, 5.41) is 14.3. The first-order valence-electron chi connectivity index (χ1n) is 10.5. The Kier molecular flexibility index (Phi) is 8.50. The van der Waals surface area contributed by atoms with Gasteiger partial charge in [-0.3, -0.25) is 4.79 Å². The van der Waals surface area contributed by atoms with Crippen LogP contribution in [0.5, 0.6) is 0 Å². The molecule has 0 spiro atoms. The van der Waals surface area contributed by atoms with Crippen molar-refractivity contribution in [3.63, 3.8) is 0 Å². The minimum absolute atomic E-state index is 0.141. The minimum Gasteiger partial charge on any atom is -0.446 e. The Morgan fingerprint density at radius 3 is 2.48 bits per heavy atom. The third kappa shape index (κ3) is 7.08. The molecule has 6 nitrogen and oxygen atoms in total. The van der Waals surface area contributed by atoms with Crippen molar-refractivity contribution in [3.05, 3.63) is 35.9 Å². The summed E-state index contributed by atoms with van der Waals surface area (Å²) in [7, 11) is 0. The molecule has 158 valence electrons. The molecule has 2 rings (SSSR count). The standard InChI is InChI=1S/C23H33N3O3/c1-15(2)19-11-10-16(3)12-21(19)29-23(28)26-20(22(27)25-17(4)14-24)13-18-8-6-5-7-9-18/h5-9,15-17,19-21H,10-13H2,1-4H3,(H,25,27)(H,26,28). The zero-order valence-corrected chi connectivity index (χ0v) is 17.9. The average Bonchev–Trinajstić information content (AvgIpc) is 2.67. The summed E-state index contributed by atoms with van der Waals surface area (Å²) >= 11 is 0. The van der Waals surface area contributed by atoms with Gasteiger partial charge in [-0.15, -0.1) is 0 Å². The molecule has 1 saturated carbocycles. The lowest BCUT2D eigenvalue weighted by molar-refractivity contribution is -0.123. The number of nitrogens with zero attached hydrogens (tertiary/aromatic N) is 1. The summed E-state index contributed by atoms with van der Waals surface area (Å²) in [6, 6.07) is 10.0. The summed E-state index contributed by atoms with van der Waals surface area (Å²) in [6.45, 7) is 8.10. The second-order valence-corrected chi connectivity index (χ2v) is 8.52. The zero-order chi connectivity index (χ0) is 21.4. The van der Waals surface area contributed by atoms with Crippen LogP contribution in [0.25, 0.3) is 0 Å². The largest absolute Gasteiger partial charge is 0.446 e. The van der Waals surface area contributed by atoms with E-state index in [1.165, 1.54) is 0 Å². The Labute approximate surface area is 174 Å². The number of benzene rings is 1. The number of ether oxygens (including phenoxy) is 1. The van der Waals surface area contributed by atoms with Crippen molar-refractivity contribution in [3.8, 4) is 6.07 Å². The molecule has 1 aromatic carbocycles. The number of carbonyl (C=O) groups is 2. The van der Waals surface area contributed by atoms with Crippen molar-refractivity contribution in [1.82, 2.24) is 10.6 Å². The highest BCUT2D eigenvalue weighted by molar-refractivity contribution is 5.86. The first-order valence-corrected chi connectivity index (χ1v) is 10.5. The molecule has 5 unspecified atom stereocenters. The number of amides is 2. The second kappa shape index (κ2) is 10.8. The van der Waals surface area contributed by atoms with Crippen LogP contribution >= 0.6 is 0 Å². The van der Waals surface area contributed by atoms with Gasteiger partial charge in [0.05, 0.1) is 6.07 Å². The van der Waals surface area contributed by atoms with Crippen molar-refractivity contribution in [2.24, 2.45) is 17.8 Å². The highest BCUT2D eigenvalue weighted by Gasteiger charge is 2.34. The van der Waals surface area contributed by atoms with Gasteiger partial charge in [-0.05, 0) is 43.1 Å². The SMILES string of the molecule is CC1CCC(C(C)C)C(OC(=O)NC(Cc2ccccc2)C(=O)NC(C)C#N)C1. The van der Waals surface area contributed by atoms with Gasteiger partial charge in [0.2, 0.25) is 5.91 Å². The van der Waals surface area contributed by atoms with Crippen LogP contribution in [-0.2, 0) is 16.0 Å². The molecule has 2 N–H and O–H groups in total. The van der Waals surface area contributed by atoms with E-state index >= 15 is 0 Å². The van der Waals surface area contributed by atoms with Crippen molar-refractivity contribution >= 4 is 12.0 Å². The van der Waals surface area contributed by atoms with Crippen LogP contribution in [0.4, 0.5) is 4.79 Å². The van der Waals surface area contributed by atoms with Crippen LogP contribution in [0.15, 0.2) is 30.3 Å². The summed E-state index contributed by atoms with van der Waals surface area (Å²) in [4.78, 5) is 25.3. The van der Waals surface area contributed by atoms with E-state index in [2.05, 4.69) is 31.4 Å². The van der Waals surface area contributed by atoms with E-state index in [9.17, 15) is 9.59 Å². The predicted molar refractivity (Wildman–Crippen MR) is 112 cm³/mol. The number of carbonyl (C=O) groups excluding carboxylic acids is 2. The molecule has 5 atom stereocenters. The zero-order valence-electron chi connectivity index (χ0n) is 17.9. The fraction of sp³-hybridized carbons (Fsp3) is 0.609. The predicted octanol–water partition coefficient (Wildman–Crippen LogP) is 3.81. The maximum atomic E-state index is 12.7. The maximum absolute atomic E-state index is 12.7. The van der Waals surface area contributed by atoms with Crippen molar-refractivity contribution < 1.29 is 14.3 Å². The van der Waals surface area contributed by atoms with Gasteiger partial charge in [0.15, 0.2) is 0 Å². The monoisotopic (exact) mass is 399 g/mol. The number of hydrogen-bond donors (Lipinski definition) is 2. The number of nitriles is 1. The van der Waals surface area contributed by atoms with Crippen molar-refractivity contribution in [2.45, 2.75) is 71.6 Å². The second-order valence-electron chi connectivity index (χ2n) is 8.52. The van der Waals surface area contributed by atoms with E-state index in [1.54, 1.807) is 6.92 Å². The molecule has 2 amide bonds. The van der Waals surface area contributed by atoms with E-state index in [4.69, 9.17) is 10.00 Å². The molecular formula is C23H33N3O3. The van der Waals surface area contributed by atoms with Gasteiger partial charge in [-0.1, -0.05) is 57.5 Å². The molecule has 0 saturated heterocycles. The topological polar surface area (TPSA) is 91.2 Å². The molecule has 0 aromatic heterocycles. The lowest BCUT2D eigenvalue weighted by Crippen LogP contribution is -2.51. The van der Waals surface area contributed by atoms with Gasteiger partial charge in [0.25, 0.3) is 0 Å². The van der Waals surface area contributed by atoms with E-state index < -0.39 is 24.1 Å². The first kappa shape index (κ1) is 22.7. The van der Waals surface area contributed by atoms with Crippen molar-refractivity contribution in [1.29, 1.82) is 5.26 Å². The number of alkyl carbamates (subject to hydrolysis) is 1. The Balaban J connectivity index is 2.06. The quantitative estimate of drug-likeness (QED) is 0.729. The molecule has 6 heteroatoms. The molecule has 0 bridgehead atoms. The Bertz CT molecular complexity index is 714. The Morgan fingerprint density at radius 2 is 1.86 bits per heavy atom. The Morgan fingerprint density at radius 1 is 1.17 bits per heavy atom. The lowest BCUT2D eigenvalue weighted by atomic mass is 9.75. The number of nitrogens with one attached hydrogen (secondary N) is 2. The summed E-state index contributed by atoms with van der Waals surface area (Å²) < 4.78 is 5.79. The van der Waals surface area contributed by atoms with Crippen LogP contribution in [-0.4, -0.2) is 30.2 Å². The first-order chi connectivity index (χ1) is 13.8. The number of rotatable bonds is 7. The molecule has 1 aliphatic rings.